The van der Waals surface area contributed by atoms with Gasteiger partial charge in [0.15, 0.2) is 10.1 Å². The van der Waals surface area contributed by atoms with Crippen LogP contribution in [0.4, 0.5) is 13.2 Å². The molecule has 0 radical (unpaired) electrons. The molecule has 0 aromatic carbocycles. The molecule has 0 amide bonds. The van der Waals surface area contributed by atoms with Crippen LogP contribution >= 0.6 is 7.56 Å². The Morgan fingerprint density at radius 1 is 0.778 bits per heavy atom. The maximum atomic E-state index is 10.7. The summed E-state index contributed by atoms with van der Waals surface area (Å²) in [5.74, 6) is 0. The standard InChI is InChI=1S/C16H34N2P.CHF3O3S/c1-11(2)17(12(3)4)19(15(9)16(19)10)18(13(5)6)14(7)8;2-1(3,4)8(5,6)7/h11-14H,1-10H3;(H,5,6,7)/q+1;/p-1. The van der Waals surface area contributed by atoms with Crippen molar-refractivity contribution in [1.82, 2.24) is 9.34 Å². The highest BCUT2D eigenvalue weighted by atomic mass is 32.2. The van der Waals surface area contributed by atoms with Crippen LogP contribution in [0.25, 0.3) is 0 Å². The molecule has 5 nitrogen and oxygen atoms in total. The van der Waals surface area contributed by atoms with Crippen LogP contribution in [0, 0.1) is 0 Å². The molecule has 1 heterocycles. The minimum Gasteiger partial charge on any atom is -0.741 e. The molecule has 0 bridgehead atoms. The zero-order valence-electron chi connectivity index (χ0n) is 17.9. The van der Waals surface area contributed by atoms with Crippen LogP contribution < -0.4 is 0 Å². The first-order valence-electron chi connectivity index (χ1n) is 9.02. The summed E-state index contributed by atoms with van der Waals surface area (Å²) in [7, 11) is -7.41. The van der Waals surface area contributed by atoms with Crippen molar-refractivity contribution in [3.05, 3.63) is 10.6 Å². The van der Waals surface area contributed by atoms with E-state index in [0.717, 1.165) is 0 Å². The average Bonchev–Trinajstić information content (AvgIpc) is 2.89. The normalized spacial score (nSPS) is 17.5. The smallest absolute Gasteiger partial charge is 0.485 e. The molecule has 0 N–H and O–H groups in total. The van der Waals surface area contributed by atoms with Crippen molar-refractivity contribution in [2.75, 3.05) is 0 Å². The van der Waals surface area contributed by atoms with Crippen LogP contribution in [0.15, 0.2) is 10.6 Å². The fourth-order valence-corrected chi connectivity index (χ4v) is 9.31. The summed E-state index contributed by atoms with van der Waals surface area (Å²) in [5.41, 5.74) is -5.65. The topological polar surface area (TPSA) is 63.7 Å². The molecule has 0 saturated heterocycles. The van der Waals surface area contributed by atoms with Gasteiger partial charge in [0, 0.05) is 38.0 Å². The first-order chi connectivity index (χ1) is 11.8. The SMILES string of the molecule is CC1=C(C)[P+]1(N(C(C)C)C(C)C)N(C(C)C)C(C)C.O=S(=O)([O-])C(F)(F)F. The van der Waals surface area contributed by atoms with Gasteiger partial charge in [-0.15, -0.1) is 9.34 Å². The van der Waals surface area contributed by atoms with Gasteiger partial charge in [-0.2, -0.15) is 13.2 Å². The third kappa shape index (κ3) is 5.66. The molecule has 0 unspecified atom stereocenters. The van der Waals surface area contributed by atoms with Crippen LogP contribution in [0.1, 0.15) is 69.2 Å². The summed E-state index contributed by atoms with van der Waals surface area (Å²) in [5, 5.41) is 3.33. The molecule has 162 valence electrons. The third-order valence-electron chi connectivity index (χ3n) is 4.48. The van der Waals surface area contributed by atoms with Gasteiger partial charge in [-0.3, -0.25) is 0 Å². The third-order valence-corrected chi connectivity index (χ3v) is 10.5. The van der Waals surface area contributed by atoms with Gasteiger partial charge in [-0.25, -0.2) is 8.42 Å². The van der Waals surface area contributed by atoms with E-state index in [2.05, 4.69) is 78.6 Å². The van der Waals surface area contributed by atoms with Crippen molar-refractivity contribution in [3.8, 4) is 0 Å². The first-order valence-corrected chi connectivity index (χ1v) is 12.1. The quantitative estimate of drug-likeness (QED) is 0.319. The summed E-state index contributed by atoms with van der Waals surface area (Å²) in [6.45, 7) is 23.5. The molecule has 0 aromatic heterocycles. The average molecular weight is 435 g/mol. The summed E-state index contributed by atoms with van der Waals surface area (Å²) in [6, 6.07) is 2.39. The highest BCUT2D eigenvalue weighted by molar-refractivity contribution is 7.86. The Morgan fingerprint density at radius 3 is 1.04 bits per heavy atom. The van der Waals surface area contributed by atoms with Crippen LogP contribution in [0.3, 0.4) is 0 Å². The molecule has 1 aliphatic rings. The second-order valence-electron chi connectivity index (χ2n) is 7.81. The lowest BCUT2D eigenvalue weighted by atomic mass is 10.3. The van der Waals surface area contributed by atoms with Crippen LogP contribution in [0.2, 0.25) is 0 Å². The molecule has 27 heavy (non-hydrogen) atoms. The summed E-state index contributed by atoms with van der Waals surface area (Å²) < 4.78 is 64.5. The number of halogens is 3. The van der Waals surface area contributed by atoms with Gasteiger partial charge in [0.1, 0.15) is 10.6 Å². The Bertz CT molecular complexity index is 594. The van der Waals surface area contributed by atoms with E-state index in [1.807, 2.05) is 0 Å². The molecule has 0 saturated carbocycles. The van der Waals surface area contributed by atoms with Crippen molar-refractivity contribution in [3.63, 3.8) is 0 Å². The van der Waals surface area contributed by atoms with Crippen LogP contribution in [-0.2, 0) is 10.1 Å². The molecule has 0 aromatic rings. The zero-order chi connectivity index (χ0) is 22.1. The second-order valence-corrected chi connectivity index (χ2v) is 12.6. The Morgan fingerprint density at radius 2 is 0.963 bits per heavy atom. The fraction of sp³-hybridized carbons (Fsp3) is 0.882. The van der Waals surface area contributed by atoms with Gasteiger partial charge >= 0.3 is 5.51 Å². The van der Waals surface area contributed by atoms with E-state index in [1.54, 1.807) is 10.6 Å². The van der Waals surface area contributed by atoms with Gasteiger partial charge < -0.3 is 4.55 Å². The molecule has 0 atom stereocenters. The Balaban J connectivity index is 0.000000713. The lowest BCUT2D eigenvalue weighted by molar-refractivity contribution is -0.0517. The van der Waals surface area contributed by atoms with E-state index in [0.29, 0.717) is 24.2 Å². The first kappa shape index (κ1) is 26.8. The maximum Gasteiger partial charge on any atom is 0.485 e. The molecular weight excluding hydrogens is 400 g/mol. The molecule has 0 aliphatic carbocycles. The van der Waals surface area contributed by atoms with Gasteiger partial charge in [-0.05, 0) is 55.4 Å². The minimum absolute atomic E-state index is 0.598. The van der Waals surface area contributed by atoms with Gasteiger partial charge in [-0.1, -0.05) is 0 Å². The van der Waals surface area contributed by atoms with Crippen molar-refractivity contribution < 1.29 is 26.1 Å². The van der Waals surface area contributed by atoms with E-state index in [-0.39, 0.29) is 0 Å². The lowest BCUT2D eigenvalue weighted by Gasteiger charge is -2.42. The molecule has 10 heteroatoms. The Labute approximate surface area is 163 Å². The van der Waals surface area contributed by atoms with Gasteiger partial charge in [0.2, 0.25) is 7.56 Å². The Hall–Kier alpha value is -0.210. The van der Waals surface area contributed by atoms with Crippen molar-refractivity contribution in [2.24, 2.45) is 0 Å². The van der Waals surface area contributed by atoms with Crippen molar-refractivity contribution in [1.29, 1.82) is 0 Å². The highest BCUT2D eigenvalue weighted by Gasteiger charge is 2.70. The predicted octanol–water partition coefficient (Wildman–Crippen LogP) is 5.39. The minimum atomic E-state index is -6.09. The van der Waals surface area contributed by atoms with E-state index in [4.69, 9.17) is 13.0 Å². The van der Waals surface area contributed by atoms with Gasteiger partial charge in [0.25, 0.3) is 0 Å². The van der Waals surface area contributed by atoms with Crippen LogP contribution in [0.5, 0.6) is 0 Å². The molecule has 0 spiro atoms. The van der Waals surface area contributed by atoms with E-state index < -0.39 is 23.2 Å². The second kappa shape index (κ2) is 9.08. The number of nitrogens with zero attached hydrogens (tertiary/aromatic N) is 2. The largest absolute Gasteiger partial charge is 0.741 e. The van der Waals surface area contributed by atoms with E-state index in [1.165, 1.54) is 0 Å². The highest BCUT2D eigenvalue weighted by Crippen LogP contribution is 2.90. The fourth-order valence-electron chi connectivity index (χ4n) is 3.81. The summed E-state index contributed by atoms with van der Waals surface area (Å²) in [4.78, 5) is 0. The lowest BCUT2D eigenvalue weighted by Crippen LogP contribution is -2.44. The predicted molar refractivity (Wildman–Crippen MR) is 105 cm³/mol. The molecular formula is C17H34F3N2O3PS. The number of hydrogen-bond donors (Lipinski definition) is 0. The van der Waals surface area contributed by atoms with Crippen LogP contribution in [-0.4, -0.2) is 52.0 Å². The monoisotopic (exact) mass is 434 g/mol. The Kier molecular flexibility index (Phi) is 9.00. The number of rotatable bonds is 6. The molecule has 1 rings (SSSR count). The number of allylic oxidation sites excluding steroid dienone is 2. The van der Waals surface area contributed by atoms with Crippen molar-refractivity contribution in [2.45, 2.75) is 98.9 Å². The molecule has 0 fully saturated rings. The number of alkyl halides is 3. The molecule has 1 aliphatic heterocycles. The van der Waals surface area contributed by atoms with Crippen molar-refractivity contribution >= 4 is 17.7 Å². The van der Waals surface area contributed by atoms with Gasteiger partial charge in [0.05, 0.1) is 0 Å². The summed E-state index contributed by atoms with van der Waals surface area (Å²) >= 11 is 0. The van der Waals surface area contributed by atoms with E-state index >= 15 is 0 Å². The van der Waals surface area contributed by atoms with E-state index in [9.17, 15) is 13.2 Å². The zero-order valence-corrected chi connectivity index (χ0v) is 19.6. The maximum absolute atomic E-state index is 10.7. The summed E-state index contributed by atoms with van der Waals surface area (Å²) in [6.07, 6.45) is 0. The number of hydrogen-bond acceptors (Lipinski definition) is 5.